The van der Waals surface area contributed by atoms with E-state index in [1.807, 2.05) is 0 Å². The highest BCUT2D eigenvalue weighted by atomic mass is 15.2. The molecule has 0 aromatic heterocycles. The maximum absolute atomic E-state index is 4.00. The monoisotopic (exact) mass is 677 g/mol. The van der Waals surface area contributed by atoms with Crippen LogP contribution in [0, 0.1) is 12.8 Å². The fraction of sp³-hybridized carbons (Fsp3) is 0.867. The lowest BCUT2D eigenvalue weighted by molar-refractivity contribution is -0.0305. The Morgan fingerprint density at radius 2 is 0.816 bits per heavy atom. The van der Waals surface area contributed by atoms with Crippen molar-refractivity contribution in [2.75, 3.05) is 7.05 Å². The van der Waals surface area contributed by atoms with Gasteiger partial charge in [-0.2, -0.15) is 0 Å². The maximum Gasteiger partial charge on any atom is 0.0158 e. The fourth-order valence-corrected chi connectivity index (χ4v) is 7.25. The first-order valence-electron chi connectivity index (χ1n) is 20.4. The summed E-state index contributed by atoms with van der Waals surface area (Å²) in [5.74, 6) is 0.918. The number of hydrogen-bond donors (Lipinski definition) is 0. The van der Waals surface area contributed by atoms with Crippen molar-refractivity contribution in [3.8, 4) is 0 Å². The first kappa shape index (κ1) is 55.1. The van der Waals surface area contributed by atoms with Crippen molar-refractivity contribution in [3.05, 3.63) is 34.9 Å². The van der Waals surface area contributed by atoms with E-state index in [4.69, 9.17) is 0 Å². The van der Waals surface area contributed by atoms with Crippen LogP contribution in [0.4, 0.5) is 0 Å². The lowest BCUT2D eigenvalue weighted by Gasteiger charge is -2.53. The molecule has 0 unspecified atom stereocenters. The van der Waals surface area contributed by atoms with Crippen LogP contribution in [0.5, 0.6) is 0 Å². The fourth-order valence-electron chi connectivity index (χ4n) is 7.25. The summed E-state index contributed by atoms with van der Waals surface area (Å²) in [5, 5.41) is 0. The van der Waals surface area contributed by atoms with Crippen LogP contribution in [0.15, 0.2) is 18.2 Å². The molecule has 4 heteroatoms. The Morgan fingerprint density at radius 3 is 1.00 bits per heavy atom. The second kappa shape index (κ2) is 29.9. The van der Waals surface area contributed by atoms with Crippen LogP contribution in [0.3, 0.4) is 0 Å². The normalized spacial score (nSPS) is 18.4. The molecular weight excluding hydrogens is 587 g/mol. The first-order valence-corrected chi connectivity index (χ1v) is 20.4. The summed E-state index contributed by atoms with van der Waals surface area (Å²) >= 11 is 0. The molecule has 0 spiro atoms. The molecular formula is C45H89B3N. The van der Waals surface area contributed by atoms with Crippen LogP contribution >= 0.6 is 0 Å². The molecule has 1 aliphatic heterocycles. The molecule has 4 rings (SSSR count). The average molecular weight is 677 g/mol. The molecule has 1 aromatic carbocycles. The molecule has 3 fully saturated rings. The molecule has 1 nitrogen and oxygen atoms in total. The Balaban J connectivity index is -0.000000268. The third kappa shape index (κ3) is 25.9. The number of likely N-dealkylation sites (tertiary alicyclic amines) is 1. The van der Waals surface area contributed by atoms with Gasteiger partial charge in [-0.1, -0.05) is 191 Å². The van der Waals surface area contributed by atoms with Crippen LogP contribution in [0.2, 0.25) is 0 Å². The van der Waals surface area contributed by atoms with E-state index >= 15 is 0 Å². The minimum atomic E-state index is 0. The van der Waals surface area contributed by atoms with Crippen molar-refractivity contribution in [1.29, 1.82) is 0 Å². The van der Waals surface area contributed by atoms with E-state index < -0.39 is 0 Å². The average Bonchev–Trinajstić information content (AvgIpc) is 3.03. The van der Waals surface area contributed by atoms with Crippen LogP contribution in [0.1, 0.15) is 230 Å². The van der Waals surface area contributed by atoms with Crippen molar-refractivity contribution in [1.82, 2.24) is 4.90 Å². The summed E-state index contributed by atoms with van der Waals surface area (Å²) < 4.78 is 0. The number of nitrogens with zero attached hydrogens (tertiary/aromatic N) is 1. The van der Waals surface area contributed by atoms with Crippen molar-refractivity contribution >= 4 is 23.9 Å². The van der Waals surface area contributed by atoms with Gasteiger partial charge in [-0.05, 0) is 87.9 Å². The molecule has 0 atom stereocenters. The summed E-state index contributed by atoms with van der Waals surface area (Å²) in [7, 11) is 10.3. The van der Waals surface area contributed by atoms with E-state index in [1.165, 1.54) is 126 Å². The summed E-state index contributed by atoms with van der Waals surface area (Å²) in [4.78, 5) is 2.55. The van der Waals surface area contributed by atoms with Gasteiger partial charge in [0.15, 0.2) is 0 Å². The van der Waals surface area contributed by atoms with E-state index in [0.29, 0.717) is 11.1 Å². The number of rotatable bonds is 1. The summed E-state index contributed by atoms with van der Waals surface area (Å²) in [5.41, 5.74) is 5.63. The molecule has 0 N–H and O–H groups in total. The van der Waals surface area contributed by atoms with E-state index in [9.17, 15) is 0 Å². The Bertz CT molecular complexity index is 768. The molecule has 7 radical (unpaired) electrons. The predicted octanol–water partition coefficient (Wildman–Crippen LogP) is 14.3. The van der Waals surface area contributed by atoms with Gasteiger partial charge in [0, 0.05) is 35.0 Å². The van der Waals surface area contributed by atoms with E-state index in [2.05, 4.69) is 156 Å². The van der Waals surface area contributed by atoms with Crippen molar-refractivity contribution in [2.45, 2.75) is 242 Å². The van der Waals surface area contributed by atoms with Crippen LogP contribution in [-0.4, -0.2) is 46.9 Å². The molecule has 49 heavy (non-hydrogen) atoms. The lowest BCUT2D eigenvalue weighted by Crippen LogP contribution is -2.58. The van der Waals surface area contributed by atoms with E-state index in [-0.39, 0.29) is 19.2 Å². The van der Waals surface area contributed by atoms with Gasteiger partial charge < -0.3 is 0 Å². The summed E-state index contributed by atoms with van der Waals surface area (Å²) in [6.45, 7) is 36.2. The predicted molar refractivity (Wildman–Crippen MR) is 232 cm³/mol. The summed E-state index contributed by atoms with van der Waals surface area (Å²) in [6.07, 6.45) is 24.5. The van der Waals surface area contributed by atoms with Crippen LogP contribution in [0.25, 0.3) is 0 Å². The molecule has 1 saturated heterocycles. The highest BCUT2D eigenvalue weighted by molar-refractivity contribution is 6.75. The number of hydrogen-bond acceptors (Lipinski definition) is 1. The second-order valence-corrected chi connectivity index (χ2v) is 18.0. The zero-order chi connectivity index (χ0) is 38.0. The Hall–Kier alpha value is -0.625. The third-order valence-electron chi connectivity index (χ3n) is 9.92. The molecule has 2 saturated carbocycles. The van der Waals surface area contributed by atoms with Gasteiger partial charge in [0.05, 0.1) is 0 Å². The van der Waals surface area contributed by atoms with Gasteiger partial charge in [-0.15, -0.1) is 0 Å². The van der Waals surface area contributed by atoms with Crippen molar-refractivity contribution in [3.63, 3.8) is 0 Å². The molecule has 0 amide bonds. The smallest absolute Gasteiger partial charge is 0.0158 e. The van der Waals surface area contributed by atoms with E-state index in [1.54, 1.807) is 0 Å². The van der Waals surface area contributed by atoms with Gasteiger partial charge >= 0.3 is 0 Å². The Morgan fingerprint density at radius 1 is 0.592 bits per heavy atom. The van der Waals surface area contributed by atoms with Gasteiger partial charge in [-0.3, -0.25) is 4.90 Å². The zero-order valence-electron chi connectivity index (χ0n) is 37.0. The largest absolute Gasteiger partial charge is 0.296 e. The van der Waals surface area contributed by atoms with Crippen LogP contribution < -0.4 is 0 Å². The van der Waals surface area contributed by atoms with Gasteiger partial charge in [-0.25, -0.2) is 0 Å². The zero-order valence-corrected chi connectivity index (χ0v) is 37.0. The first-order chi connectivity index (χ1) is 22.3. The minimum absolute atomic E-state index is 0. The molecule has 1 aromatic rings. The maximum atomic E-state index is 4.00. The van der Waals surface area contributed by atoms with Gasteiger partial charge in [0.1, 0.15) is 0 Å². The topological polar surface area (TPSA) is 3.24 Å². The highest BCUT2D eigenvalue weighted by Crippen LogP contribution is 2.41. The van der Waals surface area contributed by atoms with E-state index in [0.717, 1.165) is 5.92 Å². The highest BCUT2D eigenvalue weighted by Gasteiger charge is 2.42. The molecule has 2 aliphatic carbocycles. The van der Waals surface area contributed by atoms with Crippen molar-refractivity contribution < 1.29 is 0 Å². The summed E-state index contributed by atoms with van der Waals surface area (Å²) in [6, 6.07) is 6.70. The number of benzene rings is 1. The number of piperidine rings is 1. The quantitative estimate of drug-likeness (QED) is 0.268. The van der Waals surface area contributed by atoms with Crippen LogP contribution in [-0.2, 0) is 10.8 Å². The van der Waals surface area contributed by atoms with Gasteiger partial charge in [0.25, 0.3) is 0 Å². The van der Waals surface area contributed by atoms with Crippen molar-refractivity contribution in [2.24, 2.45) is 5.92 Å². The molecule has 283 valence electrons. The van der Waals surface area contributed by atoms with Gasteiger partial charge in [0.2, 0.25) is 0 Å². The molecule has 3 aliphatic rings. The molecule has 0 bridgehead atoms. The minimum Gasteiger partial charge on any atom is -0.296 e. The Kier molecular flexibility index (Phi) is 33.6. The third-order valence-corrected chi connectivity index (χ3v) is 9.92. The molecule has 1 heterocycles. The lowest BCUT2D eigenvalue weighted by atomic mass is 9.73. The standard InChI is InChI=1S/C15H24.C12H25N.2C6H12.2C3H8.B2.B/c1-11-12(14(2,3)4)9-8-10-13(11)15(5,6)7;1-7-10-8-11(2,3)13(6)12(4,5)9-10;2*1-2-4-6-5-3-1;2*1-3-2;1-2;/h8-10H,1-7H3;10H,7-9H2,1-6H3;2*1-6H2;2*3H2,1-2H3;;. The second-order valence-electron chi connectivity index (χ2n) is 18.0. The SMILES string of the molecule is C1CCCCC1.C1CCCCC1.CCC.CCC.CCC1CC(C)(C)N(C)C(C)(C)C1.Cc1c(C(C)(C)C)cccc1C(C)(C)C.[B].[B][B]. The Labute approximate surface area is 317 Å².